The van der Waals surface area contributed by atoms with E-state index in [1.165, 1.54) is 0 Å². The predicted octanol–water partition coefficient (Wildman–Crippen LogP) is -3.87. The molecule has 0 heterocycles. The van der Waals surface area contributed by atoms with Crippen molar-refractivity contribution in [3.05, 3.63) is 0 Å². The normalized spacial score (nSPS) is 9.67. The van der Waals surface area contributed by atoms with Crippen molar-refractivity contribution in [3.63, 3.8) is 0 Å². The number of hydrogen-bond acceptors (Lipinski definition) is 8. The summed E-state index contributed by atoms with van der Waals surface area (Å²) in [7, 11) is -10.3. The molecule has 0 unspecified atom stereocenters. The average molecular weight is 271 g/mol. The summed E-state index contributed by atoms with van der Waals surface area (Å²) in [6.07, 6.45) is 0. The van der Waals surface area contributed by atoms with Crippen molar-refractivity contribution in [2.75, 3.05) is 0 Å². The fourth-order valence-corrected chi connectivity index (χ4v) is 0. The third kappa shape index (κ3) is 23000. The van der Waals surface area contributed by atoms with Gasteiger partial charge in [0.05, 0.1) is 0 Å². The Bertz CT molecular complexity index is 209. The molecule has 9 nitrogen and oxygen atoms in total. The zero-order chi connectivity index (χ0) is 9.00. The maximum atomic E-state index is 8.52. The third-order valence-corrected chi connectivity index (χ3v) is 0. The topological polar surface area (TPSA) is 195 Å². The molecule has 12 heteroatoms. The van der Waals surface area contributed by atoms with Gasteiger partial charge in [0.15, 0.2) is 0 Å². The first-order valence-corrected chi connectivity index (χ1v) is 4.00. The van der Waals surface area contributed by atoms with Crippen molar-refractivity contribution >= 4 is 20.8 Å². The van der Waals surface area contributed by atoms with Crippen molar-refractivity contribution in [1.82, 2.24) is 0 Å². The monoisotopic (exact) mass is 270 g/mol. The summed E-state index contributed by atoms with van der Waals surface area (Å²) < 4.78 is 68.2. The van der Waals surface area contributed by atoms with Crippen LogP contribution in [-0.4, -0.2) is 35.0 Å². The van der Waals surface area contributed by atoms with Gasteiger partial charge < -0.3 is 23.7 Å². The van der Waals surface area contributed by atoms with Crippen LogP contribution in [0.2, 0.25) is 0 Å². The first kappa shape index (κ1) is 22.8. The first-order valence-electron chi connectivity index (χ1n) is 1.33. The van der Waals surface area contributed by atoms with Crippen molar-refractivity contribution in [3.8, 4) is 0 Å². The van der Waals surface area contributed by atoms with Gasteiger partial charge in [-0.05, 0) is 0 Å². The maximum Gasteiger partial charge on any atom is 2.00 e. The van der Waals surface area contributed by atoms with E-state index in [-0.39, 0.29) is 22.0 Å². The van der Waals surface area contributed by atoms with E-state index in [0.717, 1.165) is 0 Å². The van der Waals surface area contributed by atoms with Crippen molar-refractivity contribution in [2.45, 2.75) is 0 Å². The molecule has 12 heavy (non-hydrogen) atoms. The van der Waals surface area contributed by atoms with Gasteiger partial charge in [0.2, 0.25) is 0 Å². The molecule has 0 saturated heterocycles. The Morgan fingerprint density at radius 3 is 0.667 bits per heavy atom. The summed E-state index contributed by atoms with van der Waals surface area (Å²) in [5.74, 6) is 0. The molecular weight excluding hydrogens is 267 g/mol. The Balaban J connectivity index is -0.0000000457. The largest absolute Gasteiger partial charge is 2.00 e. The van der Waals surface area contributed by atoms with Gasteiger partial charge in [0, 0.05) is 20.8 Å². The Labute approximate surface area is 78.2 Å². The van der Waals surface area contributed by atoms with Gasteiger partial charge in [0.25, 0.3) is 0 Å². The van der Waals surface area contributed by atoms with Crippen LogP contribution in [0.5, 0.6) is 0 Å². The molecule has 0 radical (unpaired) electrons. The van der Waals surface area contributed by atoms with Crippen molar-refractivity contribution in [2.24, 2.45) is 0 Å². The fourth-order valence-electron chi connectivity index (χ4n) is 0. The summed E-state index contributed by atoms with van der Waals surface area (Å²) in [4.78, 5) is 0. The van der Waals surface area contributed by atoms with E-state index in [0.29, 0.717) is 0 Å². The molecule has 0 aromatic heterocycles. The van der Waals surface area contributed by atoms with Gasteiger partial charge in [0.1, 0.15) is 0 Å². The van der Waals surface area contributed by atoms with Crippen LogP contribution >= 0.6 is 0 Å². The SMILES string of the molecule is O=S(=O)([O-])[O-].O=S(=O)([O-])[O-].[Ni+2].[OH4+2]. The standard InChI is InChI=1S/Ni.2H2O4S.H4O/c;2*1-5(2,3)4;/h;2*(H2,1,2,3,4);1H4/q+2;;;+2/p-4. The number of hydrogen-bond donors (Lipinski definition) is 0. The predicted molar refractivity (Wildman–Crippen MR) is 27.2 cm³/mol. The maximum absolute atomic E-state index is 8.52. The van der Waals surface area contributed by atoms with Gasteiger partial charge in [-0.1, -0.05) is 0 Å². The smallest absolute Gasteiger partial charge is 0.873 e. The zero-order valence-electron chi connectivity index (χ0n) is 5.11. The zero-order valence-corrected chi connectivity index (χ0v) is 7.73. The molecule has 80 valence electrons. The van der Waals surface area contributed by atoms with Crippen LogP contribution < -0.4 is 0 Å². The average Bonchev–Trinajstić information content (AvgIpc) is 1.12. The molecule has 4 N–H and O–H groups in total. The van der Waals surface area contributed by atoms with E-state index >= 15 is 0 Å². The quantitative estimate of drug-likeness (QED) is 0.242. The summed E-state index contributed by atoms with van der Waals surface area (Å²) in [5, 5.41) is 0. The Morgan fingerprint density at radius 1 is 0.667 bits per heavy atom. The van der Waals surface area contributed by atoms with Gasteiger partial charge in [-0.3, -0.25) is 16.8 Å². The summed E-state index contributed by atoms with van der Waals surface area (Å²) in [6.45, 7) is 0. The van der Waals surface area contributed by atoms with Crippen molar-refractivity contribution < 1.29 is 57.0 Å². The van der Waals surface area contributed by atoms with E-state index in [9.17, 15) is 0 Å². The van der Waals surface area contributed by atoms with Gasteiger partial charge in [-0.25, -0.2) is 0 Å². The summed E-state index contributed by atoms with van der Waals surface area (Å²) in [6, 6.07) is 0. The van der Waals surface area contributed by atoms with E-state index < -0.39 is 20.8 Å². The minimum atomic E-state index is -5.17. The van der Waals surface area contributed by atoms with E-state index in [4.69, 9.17) is 35.0 Å². The molecular formula is H4NiO9S2. The molecule has 0 aromatic carbocycles. The van der Waals surface area contributed by atoms with Gasteiger partial charge in [-0.15, -0.1) is 0 Å². The molecule has 0 saturated carbocycles. The second-order valence-electron chi connectivity index (χ2n) is 0.816. The Morgan fingerprint density at radius 2 is 0.667 bits per heavy atom. The summed E-state index contributed by atoms with van der Waals surface area (Å²) >= 11 is 0. The molecule has 0 amide bonds. The molecule has 0 fully saturated rings. The molecule has 0 aliphatic rings. The molecule has 0 spiro atoms. The minimum absolute atomic E-state index is 0. The fraction of sp³-hybridized carbons (Fsp3) is 0. The van der Waals surface area contributed by atoms with Crippen LogP contribution in [0.15, 0.2) is 0 Å². The number of rotatable bonds is 0. The molecule has 0 bridgehead atoms. The van der Waals surface area contributed by atoms with Crippen molar-refractivity contribution in [1.29, 1.82) is 0 Å². The molecule has 0 aliphatic carbocycles. The summed E-state index contributed by atoms with van der Waals surface area (Å²) in [5.41, 5.74) is 0. The molecule has 0 atom stereocenters. The second-order valence-corrected chi connectivity index (χ2v) is 2.45. The van der Waals surface area contributed by atoms with Crippen LogP contribution in [-0.2, 0) is 42.8 Å². The molecule has 0 aliphatic heterocycles. The second kappa shape index (κ2) is 7.82. The van der Waals surface area contributed by atoms with Gasteiger partial charge in [-0.2, -0.15) is 0 Å². The van der Waals surface area contributed by atoms with E-state index in [1.54, 1.807) is 0 Å². The molecule has 0 rings (SSSR count). The molecule has 0 aromatic rings. The van der Waals surface area contributed by atoms with Crippen LogP contribution in [0.4, 0.5) is 0 Å². The Hall–Kier alpha value is 0.194. The third-order valence-electron chi connectivity index (χ3n) is 0. The van der Waals surface area contributed by atoms with Gasteiger partial charge >= 0.3 is 16.5 Å². The van der Waals surface area contributed by atoms with Crippen LogP contribution in [0, 0.1) is 0 Å². The first-order chi connectivity index (χ1) is 4.00. The van der Waals surface area contributed by atoms with Crippen LogP contribution in [0.1, 0.15) is 0 Å². The van der Waals surface area contributed by atoms with E-state index in [1.807, 2.05) is 0 Å². The van der Waals surface area contributed by atoms with Crippen LogP contribution in [0.3, 0.4) is 0 Å². The Kier molecular flexibility index (Phi) is 14.8. The van der Waals surface area contributed by atoms with E-state index in [2.05, 4.69) is 0 Å². The minimum Gasteiger partial charge on any atom is -0.873 e. The van der Waals surface area contributed by atoms with Crippen LogP contribution in [0.25, 0.3) is 0 Å².